The van der Waals surface area contributed by atoms with Crippen LogP contribution in [0.15, 0.2) is 12.2 Å². The average Bonchev–Trinajstić information content (AvgIpc) is 2.56. The zero-order valence-corrected chi connectivity index (χ0v) is 9.15. The summed E-state index contributed by atoms with van der Waals surface area (Å²) in [6, 6.07) is 0.323. The van der Waals surface area contributed by atoms with Crippen LogP contribution in [-0.2, 0) is 0 Å². The summed E-state index contributed by atoms with van der Waals surface area (Å²) in [6.07, 6.45) is 8.39. The maximum Gasteiger partial charge on any atom is 0.0229 e. The van der Waals surface area contributed by atoms with Crippen LogP contribution in [0.25, 0.3) is 0 Å². The van der Waals surface area contributed by atoms with E-state index in [0.29, 0.717) is 6.04 Å². The smallest absolute Gasteiger partial charge is 0.0229 e. The molecule has 2 nitrogen and oxygen atoms in total. The molecule has 80 valence electrons. The summed E-state index contributed by atoms with van der Waals surface area (Å²) in [5.41, 5.74) is 5.85. The van der Waals surface area contributed by atoms with Gasteiger partial charge in [-0.3, -0.25) is 0 Å². The lowest BCUT2D eigenvalue weighted by molar-refractivity contribution is 0.176. The fourth-order valence-corrected chi connectivity index (χ4v) is 2.52. The molecule has 0 aromatic rings. The predicted octanol–water partition coefficient (Wildman–Crippen LogP) is 1.62. The van der Waals surface area contributed by atoms with E-state index in [-0.39, 0.29) is 0 Å². The predicted molar refractivity (Wildman–Crippen MR) is 60.1 cm³/mol. The highest BCUT2D eigenvalue weighted by Gasteiger charge is 2.21. The van der Waals surface area contributed by atoms with Crippen molar-refractivity contribution in [2.75, 3.05) is 19.6 Å². The molecule has 2 heteroatoms. The van der Waals surface area contributed by atoms with Crippen molar-refractivity contribution in [1.82, 2.24) is 4.90 Å². The SMILES string of the molecule is CC1CCN(CC2C=CC(N)C2)CC1. The molecule has 1 aliphatic carbocycles. The standard InChI is InChI=1S/C12H22N2/c1-10-4-6-14(7-5-10)9-11-2-3-12(13)8-11/h2-3,10-12H,4-9,13H2,1H3. The van der Waals surface area contributed by atoms with Gasteiger partial charge in [-0.1, -0.05) is 19.1 Å². The van der Waals surface area contributed by atoms with Gasteiger partial charge in [-0.2, -0.15) is 0 Å². The van der Waals surface area contributed by atoms with Gasteiger partial charge in [-0.15, -0.1) is 0 Å². The third-order valence-corrected chi connectivity index (χ3v) is 3.57. The van der Waals surface area contributed by atoms with E-state index in [9.17, 15) is 0 Å². The summed E-state index contributed by atoms with van der Waals surface area (Å²) in [6.45, 7) is 6.18. The molecule has 2 atom stereocenters. The zero-order chi connectivity index (χ0) is 9.97. The van der Waals surface area contributed by atoms with Crippen molar-refractivity contribution in [2.45, 2.75) is 32.2 Å². The highest BCUT2D eigenvalue weighted by molar-refractivity contribution is 5.05. The lowest BCUT2D eigenvalue weighted by Gasteiger charge is -2.31. The van der Waals surface area contributed by atoms with E-state index in [4.69, 9.17) is 5.73 Å². The summed E-state index contributed by atoms with van der Waals surface area (Å²) in [5.74, 6) is 1.66. The molecule has 2 unspecified atom stereocenters. The lowest BCUT2D eigenvalue weighted by atomic mass is 9.98. The summed E-state index contributed by atoms with van der Waals surface area (Å²) in [5, 5.41) is 0. The molecule has 2 N–H and O–H groups in total. The zero-order valence-electron chi connectivity index (χ0n) is 9.15. The van der Waals surface area contributed by atoms with E-state index in [2.05, 4.69) is 24.0 Å². The Morgan fingerprint density at radius 2 is 2.00 bits per heavy atom. The van der Waals surface area contributed by atoms with Crippen LogP contribution in [-0.4, -0.2) is 30.6 Å². The third-order valence-electron chi connectivity index (χ3n) is 3.57. The average molecular weight is 194 g/mol. The number of hydrogen-bond acceptors (Lipinski definition) is 2. The van der Waals surface area contributed by atoms with Gasteiger partial charge in [0.15, 0.2) is 0 Å². The first-order valence-electron chi connectivity index (χ1n) is 5.90. The topological polar surface area (TPSA) is 29.3 Å². The molecular weight excluding hydrogens is 172 g/mol. The van der Waals surface area contributed by atoms with Crippen molar-refractivity contribution in [2.24, 2.45) is 17.6 Å². The maximum atomic E-state index is 5.85. The van der Waals surface area contributed by atoms with Crippen LogP contribution < -0.4 is 5.73 Å². The van der Waals surface area contributed by atoms with Crippen molar-refractivity contribution in [3.63, 3.8) is 0 Å². The van der Waals surface area contributed by atoms with Gasteiger partial charge in [0.1, 0.15) is 0 Å². The number of rotatable bonds is 2. The quantitative estimate of drug-likeness (QED) is 0.677. The fraction of sp³-hybridized carbons (Fsp3) is 0.833. The Bertz CT molecular complexity index is 204. The fourth-order valence-electron chi connectivity index (χ4n) is 2.52. The third kappa shape index (κ3) is 2.58. The molecule has 0 bridgehead atoms. The van der Waals surface area contributed by atoms with Crippen molar-refractivity contribution in [3.05, 3.63) is 12.2 Å². The van der Waals surface area contributed by atoms with Crippen LogP contribution in [0.2, 0.25) is 0 Å². The molecule has 0 saturated carbocycles. The Morgan fingerprint density at radius 1 is 1.29 bits per heavy atom. The second kappa shape index (κ2) is 4.45. The van der Waals surface area contributed by atoms with Crippen LogP contribution in [0.1, 0.15) is 26.2 Å². The summed E-state index contributed by atoms with van der Waals surface area (Å²) >= 11 is 0. The number of hydrogen-bond donors (Lipinski definition) is 1. The van der Waals surface area contributed by atoms with Gasteiger partial charge in [-0.05, 0) is 44.2 Å². The van der Waals surface area contributed by atoms with Gasteiger partial charge in [0.05, 0.1) is 0 Å². The van der Waals surface area contributed by atoms with Crippen molar-refractivity contribution in [3.8, 4) is 0 Å². The normalized spacial score (nSPS) is 35.3. The van der Waals surface area contributed by atoms with E-state index in [0.717, 1.165) is 18.3 Å². The number of nitrogens with two attached hydrogens (primary N) is 1. The van der Waals surface area contributed by atoms with Gasteiger partial charge in [0, 0.05) is 12.6 Å². The second-order valence-electron chi connectivity index (χ2n) is 5.03. The van der Waals surface area contributed by atoms with Crippen LogP contribution in [0, 0.1) is 11.8 Å². The van der Waals surface area contributed by atoms with Gasteiger partial charge in [0.25, 0.3) is 0 Å². The van der Waals surface area contributed by atoms with E-state index < -0.39 is 0 Å². The number of piperidine rings is 1. The Morgan fingerprint density at radius 3 is 2.57 bits per heavy atom. The lowest BCUT2D eigenvalue weighted by Crippen LogP contribution is -2.36. The molecule has 1 saturated heterocycles. The first-order chi connectivity index (χ1) is 6.74. The summed E-state index contributed by atoms with van der Waals surface area (Å²) < 4.78 is 0. The van der Waals surface area contributed by atoms with Crippen LogP contribution in [0.4, 0.5) is 0 Å². The minimum absolute atomic E-state index is 0.323. The molecule has 2 rings (SSSR count). The Labute approximate surface area is 87.2 Å². The van der Waals surface area contributed by atoms with E-state index in [1.165, 1.54) is 32.5 Å². The monoisotopic (exact) mass is 194 g/mol. The molecule has 2 aliphatic rings. The number of likely N-dealkylation sites (tertiary alicyclic amines) is 1. The molecular formula is C12H22N2. The van der Waals surface area contributed by atoms with Gasteiger partial charge in [0.2, 0.25) is 0 Å². The molecule has 0 aromatic heterocycles. The first kappa shape index (κ1) is 10.2. The van der Waals surface area contributed by atoms with E-state index in [1.807, 2.05) is 0 Å². The Balaban J connectivity index is 1.73. The molecule has 1 aliphatic heterocycles. The second-order valence-corrected chi connectivity index (χ2v) is 5.03. The molecule has 0 aromatic carbocycles. The first-order valence-corrected chi connectivity index (χ1v) is 5.90. The number of nitrogens with zero attached hydrogens (tertiary/aromatic N) is 1. The molecule has 0 radical (unpaired) electrons. The van der Waals surface area contributed by atoms with Crippen LogP contribution >= 0.6 is 0 Å². The highest BCUT2D eigenvalue weighted by Crippen LogP contribution is 2.21. The molecule has 1 heterocycles. The highest BCUT2D eigenvalue weighted by atomic mass is 15.1. The minimum atomic E-state index is 0.323. The summed E-state index contributed by atoms with van der Waals surface area (Å²) in [7, 11) is 0. The molecule has 14 heavy (non-hydrogen) atoms. The largest absolute Gasteiger partial charge is 0.324 e. The van der Waals surface area contributed by atoms with Crippen molar-refractivity contribution >= 4 is 0 Å². The molecule has 1 fully saturated rings. The van der Waals surface area contributed by atoms with Crippen molar-refractivity contribution < 1.29 is 0 Å². The van der Waals surface area contributed by atoms with Gasteiger partial charge < -0.3 is 10.6 Å². The van der Waals surface area contributed by atoms with Crippen LogP contribution in [0.5, 0.6) is 0 Å². The maximum absolute atomic E-state index is 5.85. The van der Waals surface area contributed by atoms with E-state index in [1.54, 1.807) is 0 Å². The summed E-state index contributed by atoms with van der Waals surface area (Å²) in [4.78, 5) is 2.60. The van der Waals surface area contributed by atoms with Gasteiger partial charge in [-0.25, -0.2) is 0 Å². The van der Waals surface area contributed by atoms with E-state index >= 15 is 0 Å². The molecule has 0 spiro atoms. The Kier molecular flexibility index (Phi) is 3.24. The molecule has 0 amide bonds. The minimum Gasteiger partial charge on any atom is -0.324 e. The van der Waals surface area contributed by atoms with Crippen LogP contribution in [0.3, 0.4) is 0 Å². The van der Waals surface area contributed by atoms with Crippen molar-refractivity contribution in [1.29, 1.82) is 0 Å². The van der Waals surface area contributed by atoms with Gasteiger partial charge >= 0.3 is 0 Å². The Hall–Kier alpha value is -0.340.